The van der Waals surface area contributed by atoms with Gasteiger partial charge in [-0.15, -0.1) is 0 Å². The average molecular weight is 356 g/mol. The third-order valence-corrected chi connectivity index (χ3v) is 5.62. The number of likely N-dealkylation sites (tertiary alicyclic amines) is 2. The highest BCUT2D eigenvalue weighted by Gasteiger charge is 2.45. The fraction of sp³-hybridized carbons (Fsp3) is 0.765. The number of aryl methyl sites for hydroxylation is 2. The lowest BCUT2D eigenvalue weighted by molar-refractivity contribution is -0.159. The Morgan fingerprint density at radius 2 is 1.88 bits per heavy atom. The second-order valence-corrected chi connectivity index (χ2v) is 7.33. The van der Waals surface area contributed by atoms with Gasteiger partial charge in [-0.1, -0.05) is 0 Å². The number of aromatic nitrogens is 2. The summed E-state index contributed by atoms with van der Waals surface area (Å²) in [7, 11) is 0. The fourth-order valence-corrected chi connectivity index (χ4v) is 4.49. The Balaban J connectivity index is 1.50. The van der Waals surface area contributed by atoms with Crippen molar-refractivity contribution in [1.29, 1.82) is 0 Å². The molecule has 8 heteroatoms. The molecule has 4 rings (SSSR count). The van der Waals surface area contributed by atoms with Crippen LogP contribution >= 0.6 is 0 Å². The molecule has 0 radical (unpaired) electrons. The van der Waals surface area contributed by atoms with Crippen molar-refractivity contribution in [2.75, 3.05) is 19.6 Å². The van der Waals surface area contributed by atoms with Crippen LogP contribution in [0.5, 0.6) is 0 Å². The Labute approximate surface area is 144 Å². The molecule has 0 bridgehead atoms. The number of rotatable bonds is 3. The molecule has 1 aromatic heterocycles. The van der Waals surface area contributed by atoms with Crippen molar-refractivity contribution in [3.05, 3.63) is 17.2 Å². The molecular weight excluding hydrogens is 333 g/mol. The number of hydrogen-bond acceptors (Lipinski definition) is 3. The molecule has 0 aromatic carbocycles. The molecule has 2 saturated heterocycles. The quantitative estimate of drug-likeness (QED) is 0.906. The van der Waals surface area contributed by atoms with Crippen molar-refractivity contribution in [1.82, 2.24) is 19.8 Å². The number of carbonyl (C=O) groups excluding carboxylic acids is 1. The van der Waals surface area contributed by atoms with Crippen molar-refractivity contribution in [3.63, 3.8) is 0 Å². The van der Waals surface area contributed by atoms with E-state index in [1.807, 2.05) is 0 Å². The molecule has 2 aliphatic heterocycles. The van der Waals surface area contributed by atoms with Gasteiger partial charge in [0.2, 0.25) is 5.91 Å². The fourth-order valence-electron chi connectivity index (χ4n) is 4.49. The monoisotopic (exact) mass is 356 g/mol. The van der Waals surface area contributed by atoms with Crippen molar-refractivity contribution in [2.45, 2.75) is 63.2 Å². The molecule has 3 aliphatic rings. The average Bonchev–Trinajstić information content (AvgIpc) is 3.24. The normalized spacial score (nSPS) is 28.0. The van der Waals surface area contributed by atoms with Crippen LogP contribution in [0.15, 0.2) is 0 Å². The number of carbonyl (C=O) groups is 1. The SMILES string of the molecule is O=C1[C@H](N2CCC[C@@H]2c2nc3c([nH]2)CCCC3)CCN1CC(F)(F)F. The zero-order chi connectivity index (χ0) is 17.6. The van der Waals surface area contributed by atoms with Crippen LogP contribution in [0, 0.1) is 0 Å². The zero-order valence-electron chi connectivity index (χ0n) is 14.1. The maximum Gasteiger partial charge on any atom is 0.406 e. The number of nitrogens with one attached hydrogen (secondary N) is 1. The van der Waals surface area contributed by atoms with Crippen LogP contribution in [-0.2, 0) is 17.6 Å². The third kappa shape index (κ3) is 3.28. The lowest BCUT2D eigenvalue weighted by Crippen LogP contribution is -2.44. The van der Waals surface area contributed by atoms with Crippen LogP contribution < -0.4 is 0 Å². The molecule has 2 fully saturated rings. The van der Waals surface area contributed by atoms with Gasteiger partial charge in [0.25, 0.3) is 0 Å². The summed E-state index contributed by atoms with van der Waals surface area (Å²) in [6, 6.07) is -0.428. The van der Waals surface area contributed by atoms with E-state index in [1.54, 1.807) is 0 Å². The summed E-state index contributed by atoms with van der Waals surface area (Å²) >= 11 is 0. The highest BCUT2D eigenvalue weighted by molar-refractivity contribution is 5.84. The second-order valence-electron chi connectivity index (χ2n) is 7.33. The highest BCUT2D eigenvalue weighted by atomic mass is 19.4. The van der Waals surface area contributed by atoms with Gasteiger partial charge in [0.15, 0.2) is 0 Å². The first-order chi connectivity index (χ1) is 11.9. The van der Waals surface area contributed by atoms with E-state index in [2.05, 4.69) is 9.88 Å². The Kier molecular flexibility index (Phi) is 4.25. The number of hydrogen-bond donors (Lipinski definition) is 1. The summed E-state index contributed by atoms with van der Waals surface area (Å²) < 4.78 is 37.9. The van der Waals surface area contributed by atoms with E-state index in [9.17, 15) is 18.0 Å². The van der Waals surface area contributed by atoms with E-state index in [1.165, 1.54) is 5.69 Å². The van der Waals surface area contributed by atoms with Crippen molar-refractivity contribution in [2.24, 2.45) is 0 Å². The van der Waals surface area contributed by atoms with Gasteiger partial charge in [-0.2, -0.15) is 13.2 Å². The lowest BCUT2D eigenvalue weighted by Gasteiger charge is -2.28. The Bertz CT molecular complexity index is 633. The van der Waals surface area contributed by atoms with E-state index in [-0.39, 0.29) is 18.5 Å². The first-order valence-electron chi connectivity index (χ1n) is 9.11. The van der Waals surface area contributed by atoms with Gasteiger partial charge in [0.1, 0.15) is 12.4 Å². The van der Waals surface area contributed by atoms with Crippen molar-refractivity contribution >= 4 is 5.91 Å². The molecule has 2 atom stereocenters. The summed E-state index contributed by atoms with van der Waals surface area (Å²) in [5.74, 6) is 0.506. The zero-order valence-corrected chi connectivity index (χ0v) is 14.1. The molecule has 1 aromatic rings. The van der Waals surface area contributed by atoms with E-state index in [0.717, 1.165) is 61.5 Å². The van der Waals surface area contributed by atoms with Crippen LogP contribution in [0.1, 0.15) is 55.4 Å². The van der Waals surface area contributed by atoms with E-state index >= 15 is 0 Å². The van der Waals surface area contributed by atoms with Gasteiger partial charge in [-0.3, -0.25) is 9.69 Å². The second kappa shape index (κ2) is 6.30. The first-order valence-corrected chi connectivity index (χ1v) is 9.11. The van der Waals surface area contributed by atoms with Gasteiger partial charge in [-0.05, 0) is 51.5 Å². The molecule has 1 amide bonds. The molecule has 1 aliphatic carbocycles. The number of halogens is 3. The number of aromatic amines is 1. The molecule has 3 heterocycles. The molecule has 0 spiro atoms. The van der Waals surface area contributed by atoms with Crippen LogP contribution in [0.3, 0.4) is 0 Å². The van der Waals surface area contributed by atoms with E-state index in [4.69, 9.17) is 4.98 Å². The van der Waals surface area contributed by atoms with Gasteiger partial charge in [0.05, 0.1) is 17.8 Å². The number of nitrogens with zero attached hydrogens (tertiary/aromatic N) is 3. The molecule has 0 saturated carbocycles. The molecular formula is C17H23F3N4O. The van der Waals surface area contributed by atoms with E-state index < -0.39 is 18.8 Å². The minimum atomic E-state index is -4.34. The third-order valence-electron chi connectivity index (χ3n) is 5.62. The van der Waals surface area contributed by atoms with Gasteiger partial charge < -0.3 is 9.88 Å². The summed E-state index contributed by atoms with van der Waals surface area (Å²) in [4.78, 5) is 23.7. The van der Waals surface area contributed by atoms with Crippen molar-refractivity contribution in [3.8, 4) is 0 Å². The molecule has 1 N–H and O–H groups in total. The largest absolute Gasteiger partial charge is 0.406 e. The predicted molar refractivity (Wildman–Crippen MR) is 85.0 cm³/mol. The van der Waals surface area contributed by atoms with Gasteiger partial charge in [-0.25, -0.2) is 4.98 Å². The van der Waals surface area contributed by atoms with Crippen LogP contribution in [0.2, 0.25) is 0 Å². The maximum absolute atomic E-state index is 12.6. The Hall–Kier alpha value is -1.57. The molecule has 0 unspecified atom stereocenters. The smallest absolute Gasteiger partial charge is 0.344 e. The van der Waals surface area contributed by atoms with Crippen LogP contribution in [0.25, 0.3) is 0 Å². The van der Waals surface area contributed by atoms with Crippen LogP contribution in [-0.4, -0.2) is 57.5 Å². The minimum absolute atomic E-state index is 0.0189. The summed E-state index contributed by atoms with van der Waals surface area (Å²) in [6.07, 6.45) is 2.28. The van der Waals surface area contributed by atoms with Gasteiger partial charge >= 0.3 is 6.18 Å². The van der Waals surface area contributed by atoms with Gasteiger partial charge in [0, 0.05) is 12.2 Å². The first kappa shape index (κ1) is 16.9. The summed E-state index contributed by atoms with van der Waals surface area (Å²) in [6.45, 7) is -0.219. The number of imidazole rings is 1. The molecule has 138 valence electrons. The Morgan fingerprint density at radius 3 is 2.64 bits per heavy atom. The maximum atomic E-state index is 12.6. The molecule has 25 heavy (non-hydrogen) atoms. The topological polar surface area (TPSA) is 52.2 Å². The Morgan fingerprint density at radius 1 is 1.08 bits per heavy atom. The molecule has 5 nitrogen and oxygen atoms in total. The van der Waals surface area contributed by atoms with Crippen LogP contribution in [0.4, 0.5) is 13.2 Å². The number of fused-ring (bicyclic) bond motifs is 1. The highest BCUT2D eigenvalue weighted by Crippen LogP contribution is 2.36. The predicted octanol–water partition coefficient (Wildman–Crippen LogP) is 2.59. The number of alkyl halides is 3. The summed E-state index contributed by atoms with van der Waals surface area (Å²) in [5, 5.41) is 0. The standard InChI is InChI=1S/C17H23F3N4O/c18-17(19,20)10-23-9-7-14(16(23)25)24-8-3-6-13(24)15-21-11-4-1-2-5-12(11)22-15/h13-14H,1-10H2,(H,21,22)/t13-,14-/m1/s1. The minimum Gasteiger partial charge on any atom is -0.344 e. The number of H-pyrrole nitrogens is 1. The lowest BCUT2D eigenvalue weighted by atomic mass is 10.0. The number of amides is 1. The van der Waals surface area contributed by atoms with E-state index in [0.29, 0.717) is 6.42 Å². The summed E-state index contributed by atoms with van der Waals surface area (Å²) in [5.41, 5.74) is 2.33. The van der Waals surface area contributed by atoms with Crippen molar-refractivity contribution < 1.29 is 18.0 Å².